The van der Waals surface area contributed by atoms with Gasteiger partial charge in [0.15, 0.2) is 0 Å². The third kappa shape index (κ3) is 3.80. The molecular formula is C20H20N4O2. The van der Waals surface area contributed by atoms with E-state index in [2.05, 4.69) is 15.3 Å². The van der Waals surface area contributed by atoms with Crippen molar-refractivity contribution >= 4 is 23.1 Å². The van der Waals surface area contributed by atoms with Crippen LogP contribution in [0.15, 0.2) is 60.9 Å². The number of aryl methyl sites for hydroxylation is 1. The maximum Gasteiger partial charge on any atom is 0.278 e. The lowest BCUT2D eigenvalue weighted by atomic mass is 10.2. The average molecular weight is 348 g/mol. The van der Waals surface area contributed by atoms with Gasteiger partial charge in [0, 0.05) is 12.7 Å². The molecule has 1 aromatic heterocycles. The van der Waals surface area contributed by atoms with E-state index in [0.29, 0.717) is 11.6 Å². The van der Waals surface area contributed by atoms with Crippen molar-refractivity contribution in [3.8, 4) is 5.75 Å². The molecule has 0 radical (unpaired) electrons. The topological polar surface area (TPSA) is 67.3 Å². The lowest BCUT2D eigenvalue weighted by Crippen LogP contribution is -2.27. The zero-order valence-electron chi connectivity index (χ0n) is 14.9. The van der Waals surface area contributed by atoms with Gasteiger partial charge >= 0.3 is 0 Å². The summed E-state index contributed by atoms with van der Waals surface area (Å²) >= 11 is 0. The average Bonchev–Trinajstić information content (AvgIpc) is 2.68. The number of nitrogens with zero attached hydrogens (tertiary/aromatic N) is 3. The Hall–Kier alpha value is -3.41. The van der Waals surface area contributed by atoms with Crippen LogP contribution in [0.1, 0.15) is 16.1 Å². The van der Waals surface area contributed by atoms with Crippen molar-refractivity contribution in [3.05, 3.63) is 72.2 Å². The zero-order chi connectivity index (χ0) is 18.5. The Morgan fingerprint density at radius 3 is 2.50 bits per heavy atom. The molecule has 0 spiro atoms. The van der Waals surface area contributed by atoms with Gasteiger partial charge in [0.05, 0.1) is 25.2 Å². The fourth-order valence-electron chi connectivity index (χ4n) is 2.50. The van der Waals surface area contributed by atoms with Gasteiger partial charge in [-0.1, -0.05) is 24.3 Å². The molecule has 0 aliphatic rings. The molecule has 0 aliphatic carbocycles. The van der Waals surface area contributed by atoms with Crippen LogP contribution in [0.2, 0.25) is 0 Å². The number of hydrogen-bond acceptors (Lipinski definition) is 5. The highest BCUT2D eigenvalue weighted by molar-refractivity contribution is 6.04. The number of anilines is 3. The van der Waals surface area contributed by atoms with Gasteiger partial charge in [0.25, 0.3) is 5.91 Å². The van der Waals surface area contributed by atoms with Crippen LogP contribution in [0.5, 0.6) is 5.75 Å². The van der Waals surface area contributed by atoms with Crippen molar-refractivity contribution in [2.24, 2.45) is 0 Å². The van der Waals surface area contributed by atoms with Crippen LogP contribution in [0.4, 0.5) is 17.2 Å². The minimum Gasteiger partial charge on any atom is -0.495 e. The summed E-state index contributed by atoms with van der Waals surface area (Å²) in [6, 6.07) is 15.2. The highest BCUT2D eigenvalue weighted by Gasteiger charge is 2.15. The Bertz CT molecular complexity index is 895. The second-order valence-electron chi connectivity index (χ2n) is 5.82. The monoisotopic (exact) mass is 348 g/mol. The number of amides is 1. The van der Waals surface area contributed by atoms with E-state index in [9.17, 15) is 4.79 Å². The standard InChI is InChI=1S/C20H20N4O2/c1-14-9-10-18(26-3)16(11-14)23-19-13-21-17(12-22-19)20(25)24(2)15-7-5-4-6-8-15/h4-13H,1-3H3,(H,22,23). The van der Waals surface area contributed by atoms with Crippen molar-refractivity contribution in [2.75, 3.05) is 24.4 Å². The number of benzene rings is 2. The van der Waals surface area contributed by atoms with E-state index in [1.54, 1.807) is 19.1 Å². The van der Waals surface area contributed by atoms with Gasteiger partial charge in [0.1, 0.15) is 17.3 Å². The largest absolute Gasteiger partial charge is 0.495 e. The smallest absolute Gasteiger partial charge is 0.278 e. The van der Waals surface area contributed by atoms with Crippen molar-refractivity contribution in [1.82, 2.24) is 9.97 Å². The number of aromatic nitrogens is 2. The predicted molar refractivity (Wildman–Crippen MR) is 102 cm³/mol. The number of para-hydroxylation sites is 1. The molecule has 0 atom stereocenters. The maximum absolute atomic E-state index is 12.5. The molecule has 26 heavy (non-hydrogen) atoms. The number of rotatable bonds is 5. The van der Waals surface area contributed by atoms with Gasteiger partial charge in [-0.3, -0.25) is 4.79 Å². The normalized spacial score (nSPS) is 10.3. The van der Waals surface area contributed by atoms with Crippen LogP contribution in [0.3, 0.4) is 0 Å². The maximum atomic E-state index is 12.5. The quantitative estimate of drug-likeness (QED) is 0.759. The van der Waals surface area contributed by atoms with Gasteiger partial charge < -0.3 is 15.0 Å². The highest BCUT2D eigenvalue weighted by Crippen LogP contribution is 2.27. The lowest BCUT2D eigenvalue weighted by Gasteiger charge is -2.16. The Morgan fingerprint density at radius 1 is 1.08 bits per heavy atom. The van der Waals surface area contributed by atoms with Crippen LogP contribution in [0.25, 0.3) is 0 Å². The molecule has 0 saturated carbocycles. The lowest BCUT2D eigenvalue weighted by molar-refractivity contribution is 0.0988. The minimum atomic E-state index is -0.219. The van der Waals surface area contributed by atoms with E-state index in [0.717, 1.165) is 16.9 Å². The Morgan fingerprint density at radius 2 is 1.85 bits per heavy atom. The van der Waals surface area contributed by atoms with E-state index in [-0.39, 0.29) is 11.6 Å². The van der Waals surface area contributed by atoms with Gasteiger partial charge in [-0.05, 0) is 36.8 Å². The molecule has 6 heteroatoms. The van der Waals surface area contributed by atoms with E-state index in [1.807, 2.05) is 55.5 Å². The SMILES string of the molecule is COc1ccc(C)cc1Nc1cnc(C(=O)N(C)c2ccccc2)cn1. The van der Waals surface area contributed by atoms with Gasteiger partial charge in [-0.15, -0.1) is 0 Å². The molecule has 1 N–H and O–H groups in total. The van der Waals surface area contributed by atoms with E-state index >= 15 is 0 Å². The summed E-state index contributed by atoms with van der Waals surface area (Å²) in [7, 11) is 3.33. The van der Waals surface area contributed by atoms with Crippen LogP contribution < -0.4 is 15.0 Å². The van der Waals surface area contributed by atoms with Crippen molar-refractivity contribution in [3.63, 3.8) is 0 Å². The third-order valence-corrected chi connectivity index (χ3v) is 3.94. The first kappa shape index (κ1) is 17.4. The molecule has 0 aliphatic heterocycles. The number of carbonyl (C=O) groups is 1. The van der Waals surface area contributed by atoms with Crippen LogP contribution in [-0.4, -0.2) is 30.0 Å². The molecule has 0 saturated heterocycles. The van der Waals surface area contributed by atoms with Crippen LogP contribution >= 0.6 is 0 Å². The molecule has 0 fully saturated rings. The Kier molecular flexibility index (Phi) is 5.12. The second kappa shape index (κ2) is 7.65. The fraction of sp³-hybridized carbons (Fsp3) is 0.150. The summed E-state index contributed by atoms with van der Waals surface area (Å²) in [5.41, 5.74) is 2.96. The van der Waals surface area contributed by atoms with Gasteiger partial charge in [-0.25, -0.2) is 9.97 Å². The first-order valence-corrected chi connectivity index (χ1v) is 8.15. The molecule has 0 bridgehead atoms. The summed E-state index contributed by atoms with van der Waals surface area (Å²) < 4.78 is 5.34. The Balaban J connectivity index is 1.77. The van der Waals surface area contributed by atoms with Crippen molar-refractivity contribution < 1.29 is 9.53 Å². The number of nitrogens with one attached hydrogen (secondary N) is 1. The number of carbonyl (C=O) groups excluding carboxylic acids is 1. The molecular weight excluding hydrogens is 328 g/mol. The van der Waals surface area contributed by atoms with Crippen LogP contribution in [0, 0.1) is 6.92 Å². The third-order valence-electron chi connectivity index (χ3n) is 3.94. The first-order chi connectivity index (χ1) is 12.6. The zero-order valence-corrected chi connectivity index (χ0v) is 14.9. The van der Waals surface area contributed by atoms with Crippen molar-refractivity contribution in [1.29, 1.82) is 0 Å². The highest BCUT2D eigenvalue weighted by atomic mass is 16.5. The molecule has 3 rings (SSSR count). The Labute approximate surface area is 152 Å². The predicted octanol–water partition coefficient (Wildman–Crippen LogP) is 3.81. The van der Waals surface area contributed by atoms with Gasteiger partial charge in [0.2, 0.25) is 0 Å². The molecule has 1 heterocycles. The van der Waals surface area contributed by atoms with Crippen molar-refractivity contribution in [2.45, 2.75) is 6.92 Å². The first-order valence-electron chi connectivity index (χ1n) is 8.15. The molecule has 132 valence electrons. The summed E-state index contributed by atoms with van der Waals surface area (Å²) in [5, 5.41) is 3.17. The van der Waals surface area contributed by atoms with E-state index in [1.165, 1.54) is 12.4 Å². The van der Waals surface area contributed by atoms with Crippen LogP contribution in [-0.2, 0) is 0 Å². The second-order valence-corrected chi connectivity index (χ2v) is 5.82. The molecule has 1 amide bonds. The summed E-state index contributed by atoms with van der Waals surface area (Å²) in [6.07, 6.45) is 3.00. The number of ether oxygens (including phenoxy) is 1. The molecule has 3 aromatic rings. The summed E-state index contributed by atoms with van der Waals surface area (Å²) in [6.45, 7) is 2.00. The fourth-order valence-corrected chi connectivity index (χ4v) is 2.50. The summed E-state index contributed by atoms with van der Waals surface area (Å²) in [4.78, 5) is 22.6. The number of methoxy groups -OCH3 is 1. The van der Waals surface area contributed by atoms with Gasteiger partial charge in [-0.2, -0.15) is 0 Å². The minimum absolute atomic E-state index is 0.219. The molecule has 6 nitrogen and oxygen atoms in total. The van der Waals surface area contributed by atoms with E-state index in [4.69, 9.17) is 4.74 Å². The summed E-state index contributed by atoms with van der Waals surface area (Å²) in [5.74, 6) is 1.03. The number of hydrogen-bond donors (Lipinski definition) is 1. The molecule has 0 unspecified atom stereocenters. The molecule has 2 aromatic carbocycles. The van der Waals surface area contributed by atoms with E-state index < -0.39 is 0 Å².